The Morgan fingerprint density at radius 1 is 1.22 bits per heavy atom. The van der Waals surface area contributed by atoms with Crippen LogP contribution in [0.4, 0.5) is 0 Å². The number of pyridine rings is 1. The molecule has 1 amide bonds. The number of thioether (sulfide) groups is 1. The van der Waals surface area contributed by atoms with E-state index in [-0.39, 0.29) is 16.7 Å². The summed E-state index contributed by atoms with van der Waals surface area (Å²) >= 11 is 0.991. The molecule has 0 atom stereocenters. The first-order chi connectivity index (χ1) is 15.4. The minimum absolute atomic E-state index is 0.179. The van der Waals surface area contributed by atoms with Crippen LogP contribution in [0.15, 0.2) is 57.7 Å². The monoisotopic (exact) mass is 452 g/mol. The van der Waals surface area contributed by atoms with Crippen LogP contribution in [0, 0.1) is 6.92 Å². The quantitative estimate of drug-likeness (QED) is 0.310. The van der Waals surface area contributed by atoms with Crippen LogP contribution in [0.1, 0.15) is 28.4 Å². The summed E-state index contributed by atoms with van der Waals surface area (Å²) in [5.41, 5.74) is 3.28. The number of aromatic nitrogens is 1. The zero-order chi connectivity index (χ0) is 23.1. The second-order valence-electron chi connectivity index (χ2n) is 6.43. The number of carbonyl (C=O) groups excluding carboxylic acids is 3. The number of aryl methyl sites for hydroxylation is 1. The summed E-state index contributed by atoms with van der Waals surface area (Å²) in [6, 6.07) is 9.02. The summed E-state index contributed by atoms with van der Waals surface area (Å²) < 4.78 is 9.67. The van der Waals surface area contributed by atoms with Crippen molar-refractivity contribution in [3.8, 4) is 11.3 Å². The molecule has 1 aromatic carbocycles. The van der Waals surface area contributed by atoms with Gasteiger partial charge in [0.15, 0.2) is 5.17 Å². The van der Waals surface area contributed by atoms with E-state index in [4.69, 9.17) is 4.74 Å². The number of benzene rings is 1. The van der Waals surface area contributed by atoms with Crippen LogP contribution in [0.3, 0.4) is 0 Å². The van der Waals surface area contributed by atoms with Gasteiger partial charge < -0.3 is 9.47 Å². The van der Waals surface area contributed by atoms with Crippen molar-refractivity contribution in [1.82, 2.24) is 10.3 Å². The lowest BCUT2D eigenvalue weighted by molar-refractivity contribution is -0.135. The van der Waals surface area contributed by atoms with E-state index in [1.54, 1.807) is 31.3 Å². The van der Waals surface area contributed by atoms with Gasteiger partial charge in [0.05, 0.1) is 36.1 Å². The molecule has 0 bridgehead atoms. The Labute approximate surface area is 188 Å². The van der Waals surface area contributed by atoms with Crippen molar-refractivity contribution in [2.45, 2.75) is 13.8 Å². The van der Waals surface area contributed by atoms with E-state index in [0.717, 1.165) is 34.5 Å². The van der Waals surface area contributed by atoms with Crippen LogP contribution in [0.5, 0.6) is 0 Å². The Bertz CT molecular complexity index is 1140. The number of hydrogen-bond donors (Lipinski definition) is 1. The largest absolute Gasteiger partial charge is 0.466 e. The van der Waals surface area contributed by atoms with Crippen molar-refractivity contribution in [3.63, 3.8) is 0 Å². The molecule has 1 fully saturated rings. The van der Waals surface area contributed by atoms with E-state index in [0.29, 0.717) is 11.3 Å². The fourth-order valence-electron chi connectivity index (χ4n) is 2.75. The van der Waals surface area contributed by atoms with Crippen LogP contribution in [0.25, 0.3) is 11.3 Å². The molecule has 2 heterocycles. The molecular weight excluding hydrogens is 432 g/mol. The molecule has 1 aromatic heterocycles. The number of rotatable bonds is 6. The molecule has 0 unspecified atom stereocenters. The number of amidine groups is 1. The highest BCUT2D eigenvalue weighted by Crippen LogP contribution is 2.25. The van der Waals surface area contributed by atoms with Crippen LogP contribution >= 0.6 is 11.8 Å². The Hall–Kier alpha value is -3.79. The maximum absolute atomic E-state index is 12.4. The highest BCUT2D eigenvalue weighted by molar-refractivity contribution is 8.18. The fourth-order valence-corrected chi connectivity index (χ4v) is 3.49. The van der Waals surface area contributed by atoms with Crippen LogP contribution in [0.2, 0.25) is 0 Å². The van der Waals surface area contributed by atoms with Crippen LogP contribution in [-0.2, 0) is 19.1 Å². The molecule has 1 N–H and O–H groups in total. The first-order valence-corrected chi connectivity index (χ1v) is 10.4. The number of amides is 1. The lowest BCUT2D eigenvalue weighted by Crippen LogP contribution is -2.19. The summed E-state index contributed by atoms with van der Waals surface area (Å²) in [6.07, 6.45) is 4.26. The second kappa shape index (κ2) is 10.5. The number of methoxy groups -OCH3 is 1. The predicted octanol–water partition coefficient (Wildman–Crippen LogP) is 2.84. The smallest absolute Gasteiger partial charge is 0.340 e. The van der Waals surface area contributed by atoms with E-state index in [1.807, 2.05) is 19.1 Å². The molecule has 0 saturated carbocycles. The molecule has 0 spiro atoms. The molecule has 1 aliphatic heterocycles. The Morgan fingerprint density at radius 3 is 2.66 bits per heavy atom. The minimum atomic E-state index is -0.623. The summed E-state index contributed by atoms with van der Waals surface area (Å²) in [5.74, 6) is -1.48. The average Bonchev–Trinajstić information content (AvgIpc) is 3.12. The van der Waals surface area contributed by atoms with Gasteiger partial charge in [0, 0.05) is 17.8 Å². The molecule has 1 aliphatic rings. The topological polar surface area (TPSA) is 119 Å². The number of nitrogens with one attached hydrogen (secondary N) is 1. The van der Waals surface area contributed by atoms with Gasteiger partial charge in [0.25, 0.3) is 5.91 Å². The molecule has 32 heavy (non-hydrogen) atoms. The highest BCUT2D eigenvalue weighted by atomic mass is 32.2. The van der Waals surface area contributed by atoms with Crippen LogP contribution in [-0.4, -0.2) is 47.9 Å². The molecule has 1 saturated heterocycles. The number of nitrogens with zero attached hydrogens (tertiary/aromatic N) is 3. The van der Waals surface area contributed by atoms with Gasteiger partial charge in [0.1, 0.15) is 0 Å². The summed E-state index contributed by atoms with van der Waals surface area (Å²) in [7, 11) is 1.23. The van der Waals surface area contributed by atoms with Gasteiger partial charge in [-0.2, -0.15) is 5.10 Å². The third-order valence-electron chi connectivity index (χ3n) is 4.28. The van der Waals surface area contributed by atoms with Crippen LogP contribution < -0.4 is 5.32 Å². The summed E-state index contributed by atoms with van der Waals surface area (Å²) in [4.78, 5) is 40.0. The number of carbonyl (C=O) groups is 3. The van der Waals surface area contributed by atoms with E-state index >= 15 is 0 Å². The standard InChI is InChI=1S/C22H20N4O5S/c1-4-31-21(29)18-13(2)9-10-23-19(18)15-7-5-14(6-8-15)12-24-26-22-25-20(28)16(32-22)11-17(27)30-3/h5-12H,4H2,1-3H3,(H,25,26,28)/b16-11+,24-12?. The molecule has 2 aromatic rings. The Morgan fingerprint density at radius 2 is 1.97 bits per heavy atom. The lowest BCUT2D eigenvalue weighted by atomic mass is 10.0. The van der Waals surface area contributed by atoms with Crippen molar-refractivity contribution < 1.29 is 23.9 Å². The Balaban J connectivity index is 1.75. The molecule has 3 rings (SSSR count). The molecule has 9 nitrogen and oxygen atoms in total. The van der Waals surface area contributed by atoms with E-state index < -0.39 is 17.8 Å². The van der Waals surface area contributed by atoms with Crippen molar-refractivity contribution in [3.05, 3.63) is 64.2 Å². The summed E-state index contributed by atoms with van der Waals surface area (Å²) in [5, 5.41) is 10.7. The number of esters is 2. The first kappa shape index (κ1) is 22.9. The minimum Gasteiger partial charge on any atom is -0.466 e. The molecule has 10 heteroatoms. The van der Waals surface area contributed by atoms with Crippen molar-refractivity contribution in [2.24, 2.45) is 10.2 Å². The van der Waals surface area contributed by atoms with Gasteiger partial charge in [-0.15, -0.1) is 5.10 Å². The Kier molecular flexibility index (Phi) is 7.50. The third-order valence-corrected chi connectivity index (χ3v) is 5.18. The van der Waals surface area contributed by atoms with Gasteiger partial charge in [-0.05, 0) is 42.8 Å². The summed E-state index contributed by atoms with van der Waals surface area (Å²) in [6.45, 7) is 3.87. The van der Waals surface area contributed by atoms with Gasteiger partial charge >= 0.3 is 11.9 Å². The average molecular weight is 452 g/mol. The normalized spacial score (nSPS) is 15.9. The lowest BCUT2D eigenvalue weighted by Gasteiger charge is -2.11. The van der Waals surface area contributed by atoms with E-state index in [9.17, 15) is 14.4 Å². The molecule has 0 radical (unpaired) electrons. The second-order valence-corrected chi connectivity index (χ2v) is 7.46. The number of hydrogen-bond acceptors (Lipinski definition) is 9. The maximum Gasteiger partial charge on any atom is 0.340 e. The molecule has 164 valence electrons. The van der Waals surface area contributed by atoms with Crippen molar-refractivity contribution in [2.75, 3.05) is 13.7 Å². The van der Waals surface area contributed by atoms with Gasteiger partial charge in [-0.25, -0.2) is 9.59 Å². The highest BCUT2D eigenvalue weighted by Gasteiger charge is 2.25. The van der Waals surface area contributed by atoms with E-state index in [2.05, 4.69) is 25.2 Å². The zero-order valence-corrected chi connectivity index (χ0v) is 18.4. The first-order valence-electron chi connectivity index (χ1n) is 9.56. The predicted molar refractivity (Wildman–Crippen MR) is 121 cm³/mol. The fraction of sp³-hybridized carbons (Fsp3) is 0.182. The van der Waals surface area contributed by atoms with E-state index in [1.165, 1.54) is 13.3 Å². The number of ether oxygens (including phenoxy) is 2. The van der Waals surface area contributed by atoms with Gasteiger partial charge in [-0.1, -0.05) is 24.3 Å². The zero-order valence-electron chi connectivity index (χ0n) is 17.6. The van der Waals surface area contributed by atoms with Crippen molar-refractivity contribution in [1.29, 1.82) is 0 Å². The maximum atomic E-state index is 12.4. The SMILES string of the molecule is CCOC(=O)c1c(C)ccnc1-c1ccc(C=N/N=C2/NC(=O)/C(=C\C(=O)OC)S2)cc1. The third kappa shape index (κ3) is 5.46. The van der Waals surface area contributed by atoms with Crippen molar-refractivity contribution >= 4 is 41.0 Å². The molecular formula is C22H20N4O5S. The van der Waals surface area contributed by atoms with Gasteiger partial charge in [0.2, 0.25) is 0 Å². The molecule has 0 aliphatic carbocycles. The van der Waals surface area contributed by atoms with Gasteiger partial charge in [-0.3, -0.25) is 15.1 Å².